The minimum atomic E-state index is -0.0348. The molecule has 0 aromatic heterocycles. The molecule has 0 amide bonds. The third-order valence-corrected chi connectivity index (χ3v) is 1.98. The molecule has 3 N–H and O–H groups in total. The van der Waals surface area contributed by atoms with Gasteiger partial charge >= 0.3 is 0 Å². The fourth-order valence-electron chi connectivity index (χ4n) is 1.35. The van der Waals surface area contributed by atoms with Gasteiger partial charge in [-0.15, -0.1) is 0 Å². The Bertz CT molecular complexity index is 296. The quantitative estimate of drug-likeness (QED) is 0.478. The maximum absolute atomic E-state index is 9.33. The second-order valence-corrected chi connectivity index (χ2v) is 2.67. The van der Waals surface area contributed by atoms with E-state index < -0.39 is 0 Å². The average Bonchev–Trinajstić information content (AvgIpc) is 2.45. The fourth-order valence-corrected chi connectivity index (χ4v) is 1.35. The maximum Gasteiger partial charge on any atom is 0.162 e. The predicted octanol–water partition coefficient (Wildman–Crippen LogP) is 0.701. The lowest BCUT2D eigenvalue weighted by atomic mass is 10.1. The Morgan fingerprint density at radius 1 is 1.18 bits per heavy atom. The predicted molar refractivity (Wildman–Crippen MR) is 40.3 cm³/mol. The van der Waals surface area contributed by atoms with Gasteiger partial charge in [-0.3, -0.25) is 0 Å². The van der Waals surface area contributed by atoms with E-state index in [2.05, 4.69) is 5.32 Å². The molecule has 0 atom stereocenters. The monoisotopic (exact) mass is 151 g/mol. The first-order valence-electron chi connectivity index (χ1n) is 3.52. The van der Waals surface area contributed by atoms with Crippen molar-refractivity contribution in [1.82, 2.24) is 5.32 Å². The van der Waals surface area contributed by atoms with Crippen molar-refractivity contribution >= 4 is 0 Å². The zero-order valence-electron chi connectivity index (χ0n) is 5.96. The van der Waals surface area contributed by atoms with Gasteiger partial charge in [0.15, 0.2) is 11.5 Å². The molecule has 0 radical (unpaired) electrons. The Balaban J connectivity index is 2.62. The molecule has 2 rings (SSSR count). The second kappa shape index (κ2) is 2.13. The minimum Gasteiger partial charge on any atom is -0.504 e. The number of benzene rings is 1. The number of phenolic OH excluding ortho intramolecular Hbond substituents is 2. The number of rotatable bonds is 0. The van der Waals surface area contributed by atoms with Crippen LogP contribution in [0.4, 0.5) is 0 Å². The largest absolute Gasteiger partial charge is 0.504 e. The van der Waals surface area contributed by atoms with Crippen LogP contribution in [0.5, 0.6) is 11.5 Å². The van der Waals surface area contributed by atoms with Gasteiger partial charge in [0, 0.05) is 18.7 Å². The zero-order chi connectivity index (χ0) is 7.84. The van der Waals surface area contributed by atoms with Crippen molar-refractivity contribution in [2.24, 2.45) is 0 Å². The van der Waals surface area contributed by atoms with Crippen LogP contribution >= 0.6 is 0 Å². The SMILES string of the molecule is Oc1ccc2c(c1O)CNC2. The lowest BCUT2D eigenvalue weighted by molar-refractivity contribution is 0.399. The van der Waals surface area contributed by atoms with E-state index in [1.54, 1.807) is 0 Å². The molecule has 0 saturated carbocycles. The molecular weight excluding hydrogens is 142 g/mol. The molecule has 1 aliphatic rings. The smallest absolute Gasteiger partial charge is 0.162 e. The Kier molecular flexibility index (Phi) is 1.26. The highest BCUT2D eigenvalue weighted by atomic mass is 16.3. The highest BCUT2D eigenvalue weighted by Crippen LogP contribution is 2.33. The van der Waals surface area contributed by atoms with E-state index in [9.17, 15) is 5.11 Å². The van der Waals surface area contributed by atoms with Crippen LogP contribution in [-0.2, 0) is 13.1 Å². The molecular formula is C8H9NO2. The summed E-state index contributed by atoms with van der Waals surface area (Å²) >= 11 is 0. The lowest BCUT2D eigenvalue weighted by Gasteiger charge is -2.02. The van der Waals surface area contributed by atoms with Crippen molar-refractivity contribution in [2.45, 2.75) is 13.1 Å². The van der Waals surface area contributed by atoms with Crippen LogP contribution in [0.2, 0.25) is 0 Å². The summed E-state index contributed by atoms with van der Waals surface area (Å²) in [6.45, 7) is 1.43. The van der Waals surface area contributed by atoms with Crippen molar-refractivity contribution in [2.75, 3.05) is 0 Å². The number of fused-ring (bicyclic) bond motifs is 1. The van der Waals surface area contributed by atoms with Crippen LogP contribution in [0, 0.1) is 0 Å². The van der Waals surface area contributed by atoms with E-state index in [1.807, 2.05) is 6.07 Å². The molecule has 11 heavy (non-hydrogen) atoms. The highest BCUT2D eigenvalue weighted by molar-refractivity contribution is 5.50. The number of phenols is 2. The van der Waals surface area contributed by atoms with Crippen LogP contribution in [-0.4, -0.2) is 10.2 Å². The highest BCUT2D eigenvalue weighted by Gasteiger charge is 2.15. The fraction of sp³-hybridized carbons (Fsp3) is 0.250. The maximum atomic E-state index is 9.33. The Labute approximate surface area is 64.3 Å². The van der Waals surface area contributed by atoms with E-state index in [0.717, 1.165) is 17.7 Å². The molecule has 1 aromatic carbocycles. The van der Waals surface area contributed by atoms with E-state index in [-0.39, 0.29) is 11.5 Å². The van der Waals surface area contributed by atoms with E-state index in [4.69, 9.17) is 5.11 Å². The van der Waals surface area contributed by atoms with Crippen LogP contribution < -0.4 is 5.32 Å². The van der Waals surface area contributed by atoms with E-state index in [0.29, 0.717) is 6.54 Å². The number of aromatic hydroxyl groups is 2. The number of hydrogen-bond donors (Lipinski definition) is 3. The normalized spacial score (nSPS) is 14.9. The van der Waals surface area contributed by atoms with Gasteiger partial charge in [0.25, 0.3) is 0 Å². The van der Waals surface area contributed by atoms with Gasteiger partial charge in [-0.2, -0.15) is 0 Å². The molecule has 3 nitrogen and oxygen atoms in total. The van der Waals surface area contributed by atoms with Crippen molar-refractivity contribution in [1.29, 1.82) is 0 Å². The third-order valence-electron chi connectivity index (χ3n) is 1.98. The summed E-state index contributed by atoms with van der Waals surface area (Å²) in [4.78, 5) is 0. The first-order valence-corrected chi connectivity index (χ1v) is 3.52. The molecule has 0 aliphatic carbocycles. The van der Waals surface area contributed by atoms with Gasteiger partial charge in [0.05, 0.1) is 0 Å². The number of hydrogen-bond acceptors (Lipinski definition) is 3. The topological polar surface area (TPSA) is 52.5 Å². The molecule has 3 heteroatoms. The van der Waals surface area contributed by atoms with Crippen molar-refractivity contribution in [3.63, 3.8) is 0 Å². The summed E-state index contributed by atoms with van der Waals surface area (Å²) in [5.74, 6) is -0.0139. The Morgan fingerprint density at radius 2 is 2.00 bits per heavy atom. The van der Waals surface area contributed by atoms with E-state index in [1.165, 1.54) is 6.07 Å². The van der Waals surface area contributed by atoms with Crippen LogP contribution in [0.3, 0.4) is 0 Å². The summed E-state index contributed by atoms with van der Waals surface area (Å²) in [5, 5.41) is 21.5. The molecule has 0 saturated heterocycles. The van der Waals surface area contributed by atoms with Gasteiger partial charge < -0.3 is 15.5 Å². The average molecular weight is 151 g/mol. The molecule has 0 unspecified atom stereocenters. The van der Waals surface area contributed by atoms with Gasteiger partial charge in [-0.05, 0) is 11.6 Å². The van der Waals surface area contributed by atoms with Crippen molar-refractivity contribution < 1.29 is 10.2 Å². The van der Waals surface area contributed by atoms with Crippen molar-refractivity contribution in [3.05, 3.63) is 23.3 Å². The number of nitrogens with one attached hydrogen (secondary N) is 1. The standard InChI is InChI=1S/C8H9NO2/c10-7-2-1-5-3-9-4-6(5)8(7)11/h1-2,9-11H,3-4H2. The molecule has 0 fully saturated rings. The van der Waals surface area contributed by atoms with E-state index >= 15 is 0 Å². The summed E-state index contributed by atoms with van der Waals surface area (Å²) in [5.41, 5.74) is 1.89. The van der Waals surface area contributed by atoms with Crippen LogP contribution in [0.1, 0.15) is 11.1 Å². The summed E-state index contributed by atoms with van der Waals surface area (Å²) in [7, 11) is 0. The zero-order valence-corrected chi connectivity index (χ0v) is 5.96. The first kappa shape index (κ1) is 6.49. The van der Waals surface area contributed by atoms with Crippen LogP contribution in [0.15, 0.2) is 12.1 Å². The van der Waals surface area contributed by atoms with Crippen LogP contribution in [0.25, 0.3) is 0 Å². The summed E-state index contributed by atoms with van der Waals surface area (Å²) in [6, 6.07) is 3.34. The van der Waals surface area contributed by atoms with Gasteiger partial charge in [-0.25, -0.2) is 0 Å². The Hall–Kier alpha value is -1.22. The third kappa shape index (κ3) is 0.851. The second-order valence-electron chi connectivity index (χ2n) is 2.67. The lowest BCUT2D eigenvalue weighted by Crippen LogP contribution is -1.99. The summed E-state index contributed by atoms with van der Waals surface area (Å²) in [6.07, 6.45) is 0. The molecule has 1 aliphatic heterocycles. The van der Waals surface area contributed by atoms with Gasteiger partial charge in [-0.1, -0.05) is 6.07 Å². The van der Waals surface area contributed by atoms with Crippen molar-refractivity contribution in [3.8, 4) is 11.5 Å². The van der Waals surface area contributed by atoms with Gasteiger partial charge in [0.2, 0.25) is 0 Å². The van der Waals surface area contributed by atoms with Gasteiger partial charge in [0.1, 0.15) is 0 Å². The minimum absolute atomic E-state index is 0.0208. The molecule has 58 valence electrons. The Morgan fingerprint density at radius 3 is 2.82 bits per heavy atom. The molecule has 0 spiro atoms. The summed E-state index contributed by atoms with van der Waals surface area (Å²) < 4.78 is 0. The molecule has 1 heterocycles. The molecule has 0 bridgehead atoms. The first-order chi connectivity index (χ1) is 5.29. The molecule has 1 aromatic rings.